The van der Waals surface area contributed by atoms with Crippen LogP contribution in [0.25, 0.3) is 0 Å². The summed E-state index contributed by atoms with van der Waals surface area (Å²) in [6.07, 6.45) is 2.01. The van der Waals surface area contributed by atoms with E-state index in [1.165, 1.54) is 22.3 Å². The molecule has 0 radical (unpaired) electrons. The summed E-state index contributed by atoms with van der Waals surface area (Å²) in [4.78, 5) is 0. The highest BCUT2D eigenvalue weighted by Crippen LogP contribution is 2.50. The molecule has 4 nitrogen and oxygen atoms in total. The molecule has 0 bridgehead atoms. The molecule has 7 rings (SSSR count). The van der Waals surface area contributed by atoms with Crippen LogP contribution in [0.4, 0.5) is 0 Å². The monoisotopic (exact) mass is 704 g/mol. The Morgan fingerprint density at radius 3 is 1.25 bits per heavy atom. The Morgan fingerprint density at radius 1 is 0.538 bits per heavy atom. The van der Waals surface area contributed by atoms with Crippen molar-refractivity contribution in [2.24, 2.45) is 0 Å². The lowest BCUT2D eigenvalue weighted by Crippen LogP contribution is -2.68. The van der Waals surface area contributed by atoms with Gasteiger partial charge in [0, 0.05) is 25.0 Å². The Balaban J connectivity index is 1.43. The molecule has 264 valence electrons. The van der Waals surface area contributed by atoms with E-state index in [2.05, 4.69) is 189 Å². The molecular weight excluding hydrogens is 657 g/mol. The van der Waals surface area contributed by atoms with Crippen LogP contribution < -0.4 is 10.4 Å². The third kappa shape index (κ3) is 8.36. The van der Waals surface area contributed by atoms with Crippen molar-refractivity contribution >= 4 is 18.9 Å². The van der Waals surface area contributed by atoms with E-state index in [-0.39, 0.29) is 17.9 Å². The van der Waals surface area contributed by atoms with Crippen LogP contribution >= 0.6 is 0 Å². The van der Waals surface area contributed by atoms with Crippen molar-refractivity contribution in [2.75, 3.05) is 26.4 Å². The quantitative estimate of drug-likeness (QED) is 0.0509. The Kier molecular flexibility index (Phi) is 11.9. The fourth-order valence-corrected chi connectivity index (χ4v) is 11.1. The van der Waals surface area contributed by atoms with Gasteiger partial charge in [0.25, 0.3) is 0 Å². The first-order chi connectivity index (χ1) is 25.7. The maximum Gasteiger partial charge on any atom is 0.407 e. The van der Waals surface area contributed by atoms with Crippen molar-refractivity contribution in [3.63, 3.8) is 0 Å². The van der Waals surface area contributed by atoms with Gasteiger partial charge in [-0.1, -0.05) is 182 Å². The van der Waals surface area contributed by atoms with Gasteiger partial charge in [0.2, 0.25) is 0 Å². The van der Waals surface area contributed by atoms with Crippen molar-refractivity contribution in [3.8, 4) is 0 Å². The summed E-state index contributed by atoms with van der Waals surface area (Å²) >= 11 is 0. The molecule has 1 aliphatic heterocycles. The first-order valence-corrected chi connectivity index (χ1v) is 20.3. The summed E-state index contributed by atoms with van der Waals surface area (Å²) in [5, 5.41) is 2.16. The summed E-state index contributed by atoms with van der Waals surface area (Å²) < 4.78 is 26.9. The van der Waals surface area contributed by atoms with E-state index in [0.29, 0.717) is 19.8 Å². The summed E-state index contributed by atoms with van der Waals surface area (Å²) in [5.74, 6) is -0.331. The molecular formula is C47H48O4Si. The highest BCUT2D eigenvalue weighted by Gasteiger charge is 2.54. The van der Waals surface area contributed by atoms with Gasteiger partial charge in [-0.15, -0.1) is 0 Å². The Hall–Kier alpha value is -4.62. The van der Waals surface area contributed by atoms with Crippen molar-refractivity contribution in [3.05, 3.63) is 204 Å². The number of rotatable bonds is 18. The van der Waals surface area contributed by atoms with E-state index < -0.39 is 14.2 Å². The van der Waals surface area contributed by atoms with Crippen LogP contribution in [-0.4, -0.2) is 46.7 Å². The van der Waals surface area contributed by atoms with Crippen molar-refractivity contribution in [2.45, 2.75) is 43.3 Å². The summed E-state index contributed by atoms with van der Waals surface area (Å²) in [6, 6.07) is 64.8. The molecule has 0 aromatic heterocycles. The zero-order valence-electron chi connectivity index (χ0n) is 29.9. The Bertz CT molecular complexity index is 1700. The summed E-state index contributed by atoms with van der Waals surface area (Å²) in [7, 11) is -3.48. The molecule has 1 fully saturated rings. The molecule has 0 amide bonds. The minimum atomic E-state index is -3.48. The second kappa shape index (κ2) is 17.3. The predicted molar refractivity (Wildman–Crippen MR) is 213 cm³/mol. The average molecular weight is 705 g/mol. The van der Waals surface area contributed by atoms with E-state index in [1.807, 2.05) is 0 Å². The average Bonchev–Trinajstić information content (AvgIpc) is 4.04. The Labute approximate surface area is 310 Å². The smallest absolute Gasteiger partial charge is 0.388 e. The number of hydrogen-bond acceptors (Lipinski definition) is 4. The van der Waals surface area contributed by atoms with E-state index in [4.69, 9.17) is 18.3 Å². The van der Waals surface area contributed by atoms with E-state index in [1.54, 1.807) is 0 Å². The largest absolute Gasteiger partial charge is 0.407 e. The fourth-order valence-electron chi connectivity index (χ4n) is 7.58. The third-order valence-corrected chi connectivity index (χ3v) is 13.6. The molecule has 1 atom stereocenters. The van der Waals surface area contributed by atoms with Crippen LogP contribution in [0.3, 0.4) is 0 Å². The molecule has 6 aromatic rings. The lowest BCUT2D eigenvalue weighted by atomic mass is 9.67. The maximum atomic E-state index is 8.28. The fraction of sp³-hybridized carbons (Fsp3) is 0.234. The molecule has 6 aromatic carbocycles. The summed E-state index contributed by atoms with van der Waals surface area (Å²) in [6.45, 7) is 5.02. The van der Waals surface area contributed by atoms with Gasteiger partial charge in [0.1, 0.15) is 6.10 Å². The van der Waals surface area contributed by atoms with Gasteiger partial charge in [0.15, 0.2) is 0 Å². The van der Waals surface area contributed by atoms with Gasteiger partial charge in [0.05, 0.1) is 18.8 Å². The van der Waals surface area contributed by atoms with Gasteiger partial charge in [-0.25, -0.2) is 0 Å². The highest BCUT2D eigenvalue weighted by atomic mass is 28.4. The van der Waals surface area contributed by atoms with E-state index in [0.717, 1.165) is 29.8 Å². The minimum absolute atomic E-state index is 0.166. The van der Waals surface area contributed by atoms with Crippen LogP contribution in [0.15, 0.2) is 182 Å². The topological polar surface area (TPSA) is 40.2 Å². The van der Waals surface area contributed by atoms with Crippen LogP contribution in [-0.2, 0) is 18.3 Å². The molecule has 1 saturated heterocycles. The molecule has 52 heavy (non-hydrogen) atoms. The number of hydrogen-bond donors (Lipinski definition) is 0. The van der Waals surface area contributed by atoms with Gasteiger partial charge in [-0.2, -0.15) is 0 Å². The van der Waals surface area contributed by atoms with Crippen LogP contribution in [0.5, 0.6) is 0 Å². The molecule has 0 aliphatic carbocycles. The molecule has 0 spiro atoms. The molecule has 0 N–H and O–H groups in total. The first-order valence-electron chi connectivity index (χ1n) is 18.5. The van der Waals surface area contributed by atoms with Crippen LogP contribution in [0.2, 0.25) is 0 Å². The van der Waals surface area contributed by atoms with Gasteiger partial charge in [-0.05, 0) is 52.4 Å². The number of ether oxygens (including phenoxy) is 2. The van der Waals surface area contributed by atoms with Crippen molar-refractivity contribution < 1.29 is 18.3 Å². The van der Waals surface area contributed by atoms with Crippen LogP contribution in [0, 0.1) is 0 Å². The molecule has 0 saturated carbocycles. The van der Waals surface area contributed by atoms with Gasteiger partial charge < -0.3 is 18.3 Å². The molecule has 1 aliphatic rings. The van der Waals surface area contributed by atoms with Gasteiger partial charge >= 0.3 is 8.56 Å². The normalized spacial score (nSPS) is 14.5. The number of benzene rings is 6. The van der Waals surface area contributed by atoms with E-state index in [9.17, 15) is 0 Å². The SMILES string of the molecule is CC(O[Si](OCCCCOCC1CO1)(c1ccccc1)c1ccccc1)(C(c1ccccc1)c1ccccc1)C(c1ccccc1)c1ccccc1. The third-order valence-electron chi connectivity index (χ3n) is 10.0. The highest BCUT2D eigenvalue weighted by molar-refractivity contribution is 6.92. The van der Waals surface area contributed by atoms with Crippen LogP contribution in [0.1, 0.15) is 53.9 Å². The lowest BCUT2D eigenvalue weighted by molar-refractivity contribution is 0.0170. The molecule has 5 heteroatoms. The van der Waals surface area contributed by atoms with Crippen molar-refractivity contribution in [1.82, 2.24) is 0 Å². The molecule has 1 unspecified atom stereocenters. The Morgan fingerprint density at radius 2 is 0.885 bits per heavy atom. The predicted octanol–water partition coefficient (Wildman–Crippen LogP) is 8.89. The maximum absolute atomic E-state index is 8.28. The lowest BCUT2D eigenvalue weighted by Gasteiger charge is -2.50. The minimum Gasteiger partial charge on any atom is -0.388 e. The standard InChI is InChI=1S/C47H48O4Si/c1-47(45(38-22-8-2-9-23-38)39-24-10-3-11-25-39,46(40-26-12-4-13-27-40)41-28-14-5-15-29-41)51-52(43-30-16-6-17-31-43,44-32-18-7-19-33-44)50-35-21-20-34-48-36-42-37-49-42/h2-19,22-33,42,45-46H,20-21,34-37H2,1H3. The molecule has 1 heterocycles. The van der Waals surface area contributed by atoms with Crippen molar-refractivity contribution in [1.29, 1.82) is 0 Å². The zero-order valence-corrected chi connectivity index (χ0v) is 30.9. The summed E-state index contributed by atoms with van der Waals surface area (Å²) in [5.41, 5.74) is 3.89. The first kappa shape index (κ1) is 35.8. The second-order valence-corrected chi connectivity index (χ2v) is 16.6. The second-order valence-electron chi connectivity index (χ2n) is 13.7. The van der Waals surface area contributed by atoms with E-state index >= 15 is 0 Å². The number of epoxide rings is 1. The zero-order chi connectivity index (χ0) is 35.5. The van der Waals surface area contributed by atoms with Gasteiger partial charge in [-0.3, -0.25) is 0 Å². The number of unbranched alkanes of at least 4 members (excludes halogenated alkanes) is 1.